The highest BCUT2D eigenvalue weighted by atomic mass is 32.1. The molecule has 2 rings (SSSR count). The van der Waals surface area contributed by atoms with Crippen molar-refractivity contribution in [2.45, 2.75) is 0 Å². The molecule has 0 saturated heterocycles. The highest BCUT2D eigenvalue weighted by Gasteiger charge is 2.06. The molecule has 0 aliphatic heterocycles. The second-order valence-corrected chi connectivity index (χ2v) is 5.96. The van der Waals surface area contributed by atoms with Crippen LogP contribution >= 0.6 is 23.6 Å². The fourth-order valence-electron chi connectivity index (χ4n) is 1.49. The summed E-state index contributed by atoms with van der Waals surface area (Å²) < 4.78 is 5.48. The van der Waals surface area contributed by atoms with Gasteiger partial charge >= 0.3 is 6.03 Å². The first kappa shape index (κ1) is 17.6. The van der Waals surface area contributed by atoms with E-state index >= 15 is 0 Å². The maximum absolute atomic E-state index is 11.6. The first-order chi connectivity index (χ1) is 11.6. The lowest BCUT2D eigenvalue weighted by Gasteiger charge is -2.03. The quantitative estimate of drug-likeness (QED) is 0.351. The number of carbonyl (C=O) groups excluding carboxylic acids is 2. The number of hydrazone groups is 1. The normalized spacial score (nSPS) is 10.4. The van der Waals surface area contributed by atoms with Crippen molar-refractivity contribution in [2.75, 3.05) is 19.0 Å². The Morgan fingerprint density at radius 1 is 1.42 bits per heavy atom. The molecule has 126 valence electrons. The van der Waals surface area contributed by atoms with Gasteiger partial charge in [0, 0.05) is 0 Å². The number of hydrogen-bond acceptors (Lipinski definition) is 7. The van der Waals surface area contributed by atoms with Crippen LogP contribution in [0.5, 0.6) is 5.75 Å². The molecule has 0 radical (unpaired) electrons. The molecule has 4 N–H and O–H groups in total. The van der Waals surface area contributed by atoms with E-state index in [4.69, 9.17) is 17.0 Å². The summed E-state index contributed by atoms with van der Waals surface area (Å²) in [5.41, 5.74) is 3.10. The molecule has 9 nitrogen and oxygen atoms in total. The van der Waals surface area contributed by atoms with Crippen molar-refractivity contribution in [3.05, 3.63) is 33.8 Å². The number of hydrogen-bond donors (Lipinski definition) is 4. The standard InChI is InChI=1S/C13H14N6O3S2/c1-22-9-4-2-8(3-5-9)6-15-17-10(20)7-14-11(21)16-12-18-19-13(23)24-12/h2-6H,7H2,1H3,(H,17,20)(H,19,23)(H2,14,16,18,21)/b15-6+. The maximum atomic E-state index is 11.6. The molecule has 0 spiro atoms. The fraction of sp³-hybridized carbons (Fsp3) is 0.154. The summed E-state index contributed by atoms with van der Waals surface area (Å²) in [6.45, 7) is -0.235. The number of nitrogens with zero attached hydrogens (tertiary/aromatic N) is 2. The number of methoxy groups -OCH3 is 1. The van der Waals surface area contributed by atoms with E-state index < -0.39 is 11.9 Å². The van der Waals surface area contributed by atoms with Gasteiger partial charge in [0.2, 0.25) is 5.13 Å². The molecule has 0 fully saturated rings. The summed E-state index contributed by atoms with van der Waals surface area (Å²) >= 11 is 5.94. The van der Waals surface area contributed by atoms with E-state index in [0.717, 1.165) is 22.6 Å². The number of aromatic nitrogens is 2. The lowest BCUT2D eigenvalue weighted by atomic mass is 10.2. The number of benzene rings is 1. The molecule has 1 heterocycles. The van der Waals surface area contributed by atoms with Crippen molar-refractivity contribution in [1.29, 1.82) is 0 Å². The van der Waals surface area contributed by atoms with Crippen LogP contribution in [0.3, 0.4) is 0 Å². The van der Waals surface area contributed by atoms with Crippen molar-refractivity contribution in [3.63, 3.8) is 0 Å². The molecule has 0 unspecified atom stereocenters. The summed E-state index contributed by atoms with van der Waals surface area (Å²) in [5, 5.41) is 15.2. The largest absolute Gasteiger partial charge is 0.497 e. The number of aromatic amines is 1. The minimum atomic E-state index is -0.568. The molecule has 11 heteroatoms. The van der Waals surface area contributed by atoms with Gasteiger partial charge < -0.3 is 10.1 Å². The van der Waals surface area contributed by atoms with E-state index in [2.05, 4.69) is 31.4 Å². The summed E-state index contributed by atoms with van der Waals surface area (Å²) in [7, 11) is 1.58. The monoisotopic (exact) mass is 366 g/mol. The summed E-state index contributed by atoms with van der Waals surface area (Å²) in [5.74, 6) is 0.261. The molecule has 24 heavy (non-hydrogen) atoms. The van der Waals surface area contributed by atoms with Crippen LogP contribution in [0.1, 0.15) is 5.56 Å². The molecular formula is C13H14N6O3S2. The number of nitrogens with one attached hydrogen (secondary N) is 4. The Morgan fingerprint density at radius 2 is 2.17 bits per heavy atom. The number of amides is 3. The third-order valence-corrected chi connectivity index (χ3v) is 3.59. The van der Waals surface area contributed by atoms with Crippen LogP contribution in [0.15, 0.2) is 29.4 Å². The molecule has 1 aromatic heterocycles. The predicted molar refractivity (Wildman–Crippen MR) is 93.1 cm³/mol. The summed E-state index contributed by atoms with van der Waals surface area (Å²) in [6.07, 6.45) is 1.48. The van der Waals surface area contributed by atoms with Gasteiger partial charge in [-0.15, -0.1) is 5.10 Å². The lowest BCUT2D eigenvalue weighted by molar-refractivity contribution is -0.120. The molecule has 0 aliphatic carbocycles. The Kier molecular flexibility index (Phi) is 6.40. The van der Waals surface area contributed by atoms with E-state index in [-0.39, 0.29) is 6.54 Å². The van der Waals surface area contributed by atoms with Crippen molar-refractivity contribution >= 4 is 46.8 Å². The van der Waals surface area contributed by atoms with Crippen LogP contribution in [-0.4, -0.2) is 42.0 Å². The first-order valence-electron chi connectivity index (χ1n) is 6.63. The zero-order chi connectivity index (χ0) is 17.4. The van der Waals surface area contributed by atoms with Gasteiger partial charge in [-0.25, -0.2) is 10.2 Å². The number of urea groups is 1. The number of rotatable bonds is 6. The minimum Gasteiger partial charge on any atom is -0.497 e. The van der Waals surface area contributed by atoms with Gasteiger partial charge in [-0.05, 0) is 42.0 Å². The lowest BCUT2D eigenvalue weighted by Crippen LogP contribution is -2.37. The average Bonchev–Trinajstić information content (AvgIpc) is 2.98. The van der Waals surface area contributed by atoms with Gasteiger partial charge in [0.05, 0.1) is 13.3 Å². The molecule has 2 aromatic rings. The highest BCUT2D eigenvalue weighted by Crippen LogP contribution is 2.10. The maximum Gasteiger partial charge on any atom is 0.321 e. The van der Waals surface area contributed by atoms with Crippen LogP contribution in [0.25, 0.3) is 0 Å². The Hall–Kier alpha value is -2.79. The molecule has 3 amide bonds. The first-order valence-corrected chi connectivity index (χ1v) is 7.85. The van der Waals surface area contributed by atoms with Crippen LogP contribution < -0.4 is 20.8 Å². The van der Waals surface area contributed by atoms with Gasteiger partial charge in [-0.3, -0.25) is 15.2 Å². The second kappa shape index (κ2) is 8.74. The van der Waals surface area contributed by atoms with E-state index in [1.54, 1.807) is 31.4 Å². The predicted octanol–water partition coefficient (Wildman–Crippen LogP) is 1.48. The van der Waals surface area contributed by atoms with E-state index in [1.807, 2.05) is 0 Å². The van der Waals surface area contributed by atoms with Gasteiger partial charge in [-0.2, -0.15) is 5.10 Å². The molecule has 0 saturated carbocycles. The highest BCUT2D eigenvalue weighted by molar-refractivity contribution is 7.73. The SMILES string of the molecule is COc1ccc(/C=N/NC(=O)CNC(=O)Nc2n[nH]c(=S)s2)cc1. The fourth-order valence-corrected chi connectivity index (χ4v) is 2.28. The Balaban J connectivity index is 1.71. The molecule has 0 bridgehead atoms. The van der Waals surface area contributed by atoms with Gasteiger partial charge in [0.15, 0.2) is 3.95 Å². The van der Waals surface area contributed by atoms with Crippen molar-refractivity contribution in [1.82, 2.24) is 20.9 Å². The van der Waals surface area contributed by atoms with Crippen LogP contribution in [-0.2, 0) is 4.79 Å². The Morgan fingerprint density at radius 3 is 2.79 bits per heavy atom. The van der Waals surface area contributed by atoms with Gasteiger partial charge in [0.1, 0.15) is 12.3 Å². The number of H-pyrrole nitrogens is 1. The zero-order valence-electron chi connectivity index (χ0n) is 12.5. The zero-order valence-corrected chi connectivity index (χ0v) is 14.2. The Labute approximate surface area is 146 Å². The third-order valence-electron chi connectivity index (χ3n) is 2.59. The van der Waals surface area contributed by atoms with Crippen LogP contribution in [0, 0.1) is 3.95 Å². The van der Waals surface area contributed by atoms with Gasteiger partial charge in [-0.1, -0.05) is 11.3 Å². The smallest absolute Gasteiger partial charge is 0.321 e. The Bertz CT molecular complexity index is 784. The topological polar surface area (TPSA) is 120 Å². The molecule has 0 atom stereocenters. The van der Waals surface area contributed by atoms with Crippen LogP contribution in [0.2, 0.25) is 0 Å². The van der Waals surface area contributed by atoms with Gasteiger partial charge in [0.25, 0.3) is 5.91 Å². The van der Waals surface area contributed by atoms with Crippen molar-refractivity contribution in [3.8, 4) is 5.75 Å². The van der Waals surface area contributed by atoms with E-state index in [9.17, 15) is 9.59 Å². The molecular weight excluding hydrogens is 352 g/mol. The minimum absolute atomic E-state index is 0.235. The number of carbonyl (C=O) groups is 2. The molecule has 1 aromatic carbocycles. The number of ether oxygens (including phenoxy) is 1. The van der Waals surface area contributed by atoms with E-state index in [0.29, 0.717) is 9.09 Å². The van der Waals surface area contributed by atoms with E-state index in [1.165, 1.54) is 6.21 Å². The van der Waals surface area contributed by atoms with Crippen molar-refractivity contribution in [2.24, 2.45) is 5.10 Å². The summed E-state index contributed by atoms with van der Waals surface area (Å²) in [6, 6.07) is 6.57. The third kappa shape index (κ3) is 5.78. The number of anilines is 1. The second-order valence-electron chi connectivity index (χ2n) is 4.29. The van der Waals surface area contributed by atoms with Crippen molar-refractivity contribution < 1.29 is 14.3 Å². The summed E-state index contributed by atoms with van der Waals surface area (Å²) in [4.78, 5) is 23.1. The van der Waals surface area contributed by atoms with Crippen LogP contribution in [0.4, 0.5) is 9.93 Å². The molecule has 0 aliphatic rings. The average molecular weight is 366 g/mol.